The van der Waals surface area contributed by atoms with Crippen molar-refractivity contribution in [3.05, 3.63) is 53.4 Å². The molecule has 1 fully saturated rings. The molecule has 24 heavy (non-hydrogen) atoms. The molecule has 2 heterocycles. The minimum absolute atomic E-state index is 0.0284. The predicted octanol–water partition coefficient (Wildman–Crippen LogP) is 3.54. The first kappa shape index (κ1) is 16.9. The molecule has 1 saturated heterocycles. The first-order valence-corrected chi connectivity index (χ1v) is 8.57. The molecular formula is C18H21ClN4O. The molecule has 1 aliphatic heterocycles. The molecule has 1 amide bonds. The van der Waals surface area contributed by atoms with Crippen LogP contribution in [-0.4, -0.2) is 33.9 Å². The second-order valence-electron chi connectivity index (χ2n) is 6.12. The van der Waals surface area contributed by atoms with Crippen LogP contribution < -0.4 is 5.32 Å². The lowest BCUT2D eigenvalue weighted by molar-refractivity contribution is -0.121. The van der Waals surface area contributed by atoms with E-state index in [0.717, 1.165) is 31.0 Å². The zero-order chi connectivity index (χ0) is 16.9. The minimum atomic E-state index is 0.0284. The summed E-state index contributed by atoms with van der Waals surface area (Å²) in [6, 6.07) is 8.31. The lowest BCUT2D eigenvalue weighted by Gasteiger charge is -2.35. The van der Waals surface area contributed by atoms with Gasteiger partial charge in [-0.1, -0.05) is 23.7 Å². The molecule has 0 radical (unpaired) electrons. The van der Waals surface area contributed by atoms with E-state index in [2.05, 4.69) is 39.2 Å². The number of nitrogens with zero attached hydrogens (tertiary/aromatic N) is 3. The normalized spacial score (nSPS) is 17.4. The fraction of sp³-hybridized carbons (Fsp3) is 0.389. The third kappa shape index (κ3) is 4.10. The number of nitrogens with one attached hydrogen (secondary N) is 1. The van der Waals surface area contributed by atoms with Crippen molar-refractivity contribution in [3.63, 3.8) is 0 Å². The summed E-state index contributed by atoms with van der Waals surface area (Å²) in [5.74, 6) is 0.578. The number of hydrogen-bond donors (Lipinski definition) is 1. The number of likely N-dealkylation sites (tertiary alicyclic amines) is 1. The quantitative estimate of drug-likeness (QED) is 0.921. The number of piperidine rings is 1. The van der Waals surface area contributed by atoms with Gasteiger partial charge in [-0.15, -0.1) is 0 Å². The van der Waals surface area contributed by atoms with E-state index in [0.29, 0.717) is 11.9 Å². The summed E-state index contributed by atoms with van der Waals surface area (Å²) in [6.07, 6.45) is 6.43. The summed E-state index contributed by atoms with van der Waals surface area (Å²) in [5.41, 5.74) is 1.25. The van der Waals surface area contributed by atoms with Crippen LogP contribution in [0, 0.1) is 5.92 Å². The largest absolute Gasteiger partial charge is 0.309 e. The van der Waals surface area contributed by atoms with Gasteiger partial charge in [0.2, 0.25) is 5.91 Å². The van der Waals surface area contributed by atoms with Gasteiger partial charge in [-0.05, 0) is 50.6 Å². The first-order chi connectivity index (χ1) is 11.6. The lowest BCUT2D eigenvalue weighted by Crippen LogP contribution is -2.39. The van der Waals surface area contributed by atoms with Gasteiger partial charge < -0.3 is 5.32 Å². The van der Waals surface area contributed by atoms with Crippen LogP contribution in [-0.2, 0) is 4.79 Å². The van der Waals surface area contributed by atoms with Crippen molar-refractivity contribution < 1.29 is 4.79 Å². The Hall–Kier alpha value is -1.98. The molecule has 1 N–H and O–H groups in total. The Morgan fingerprint density at radius 3 is 2.58 bits per heavy atom. The van der Waals surface area contributed by atoms with Crippen LogP contribution in [0.25, 0.3) is 0 Å². The number of anilines is 1. The number of benzene rings is 1. The highest BCUT2D eigenvalue weighted by molar-refractivity contribution is 6.30. The van der Waals surface area contributed by atoms with Gasteiger partial charge in [-0.2, -0.15) is 0 Å². The predicted molar refractivity (Wildman–Crippen MR) is 94.8 cm³/mol. The van der Waals surface area contributed by atoms with Gasteiger partial charge >= 0.3 is 0 Å². The van der Waals surface area contributed by atoms with E-state index in [1.807, 2.05) is 12.1 Å². The molecule has 0 saturated carbocycles. The number of carbonyl (C=O) groups is 1. The summed E-state index contributed by atoms with van der Waals surface area (Å²) in [6.45, 7) is 4.01. The third-order valence-electron chi connectivity index (χ3n) is 4.61. The highest BCUT2D eigenvalue weighted by Crippen LogP contribution is 2.27. The highest BCUT2D eigenvalue weighted by Gasteiger charge is 2.27. The molecule has 1 aromatic heterocycles. The molecule has 126 valence electrons. The molecule has 1 aromatic carbocycles. The summed E-state index contributed by atoms with van der Waals surface area (Å²) in [4.78, 5) is 22.8. The van der Waals surface area contributed by atoms with E-state index >= 15 is 0 Å². The Morgan fingerprint density at radius 1 is 1.25 bits per heavy atom. The summed E-state index contributed by atoms with van der Waals surface area (Å²) in [7, 11) is 0. The standard InChI is InChI=1S/C18H21ClN4O/c1-13(14-2-4-16(19)5-3-14)23-10-6-15(7-11-23)18(24)22-17-12-20-8-9-21-17/h2-5,8-9,12-13,15H,6-7,10-11H2,1H3,(H,21,22,24). The number of carbonyl (C=O) groups excluding carboxylic acids is 1. The maximum Gasteiger partial charge on any atom is 0.228 e. The monoisotopic (exact) mass is 344 g/mol. The van der Waals surface area contributed by atoms with Crippen molar-refractivity contribution in [2.45, 2.75) is 25.8 Å². The maximum absolute atomic E-state index is 12.3. The van der Waals surface area contributed by atoms with E-state index in [-0.39, 0.29) is 11.8 Å². The summed E-state index contributed by atoms with van der Waals surface area (Å²) >= 11 is 5.96. The van der Waals surface area contributed by atoms with Crippen molar-refractivity contribution >= 4 is 23.3 Å². The Labute approximate surface area is 147 Å². The van der Waals surface area contributed by atoms with Gasteiger partial charge in [0.1, 0.15) is 0 Å². The number of amides is 1. The van der Waals surface area contributed by atoms with Crippen molar-refractivity contribution in [3.8, 4) is 0 Å². The highest BCUT2D eigenvalue weighted by atomic mass is 35.5. The summed E-state index contributed by atoms with van der Waals surface area (Å²) < 4.78 is 0. The molecule has 1 atom stereocenters. The molecule has 5 nitrogen and oxygen atoms in total. The molecule has 1 aliphatic rings. The van der Waals surface area contributed by atoms with Crippen LogP contribution in [0.1, 0.15) is 31.4 Å². The minimum Gasteiger partial charge on any atom is -0.309 e. The topological polar surface area (TPSA) is 58.1 Å². The number of halogens is 1. The second kappa shape index (κ2) is 7.73. The average Bonchev–Trinajstić information content (AvgIpc) is 2.63. The van der Waals surface area contributed by atoms with Crippen LogP contribution in [0.5, 0.6) is 0 Å². The van der Waals surface area contributed by atoms with Crippen LogP contribution in [0.2, 0.25) is 5.02 Å². The molecule has 0 spiro atoms. The molecule has 1 unspecified atom stereocenters. The van der Waals surface area contributed by atoms with Crippen LogP contribution >= 0.6 is 11.6 Å². The van der Waals surface area contributed by atoms with Gasteiger partial charge in [-0.25, -0.2) is 4.98 Å². The van der Waals surface area contributed by atoms with E-state index in [9.17, 15) is 4.79 Å². The van der Waals surface area contributed by atoms with Crippen LogP contribution in [0.3, 0.4) is 0 Å². The Kier molecular flexibility index (Phi) is 5.43. The molecule has 3 rings (SSSR count). The Bertz CT molecular complexity index is 669. The van der Waals surface area contributed by atoms with Crippen LogP contribution in [0.4, 0.5) is 5.82 Å². The van der Waals surface area contributed by atoms with E-state index in [1.165, 1.54) is 5.56 Å². The second-order valence-corrected chi connectivity index (χ2v) is 6.55. The van der Waals surface area contributed by atoms with Crippen molar-refractivity contribution in [2.75, 3.05) is 18.4 Å². The molecule has 2 aromatic rings. The van der Waals surface area contributed by atoms with Crippen molar-refractivity contribution in [2.24, 2.45) is 5.92 Å². The lowest BCUT2D eigenvalue weighted by atomic mass is 9.94. The SMILES string of the molecule is CC(c1ccc(Cl)cc1)N1CCC(C(=O)Nc2cnccn2)CC1. The van der Waals surface area contributed by atoms with Crippen molar-refractivity contribution in [1.29, 1.82) is 0 Å². The first-order valence-electron chi connectivity index (χ1n) is 8.20. The van der Waals surface area contributed by atoms with Gasteiger partial charge in [0.15, 0.2) is 5.82 Å². The number of rotatable bonds is 4. The van der Waals surface area contributed by atoms with Gasteiger partial charge in [0.05, 0.1) is 6.20 Å². The van der Waals surface area contributed by atoms with Gasteiger partial charge in [0, 0.05) is 29.4 Å². The van der Waals surface area contributed by atoms with Crippen LogP contribution in [0.15, 0.2) is 42.9 Å². The zero-order valence-corrected chi connectivity index (χ0v) is 14.4. The number of aromatic nitrogens is 2. The fourth-order valence-electron chi connectivity index (χ4n) is 3.09. The molecule has 0 bridgehead atoms. The van der Waals surface area contributed by atoms with Gasteiger partial charge in [-0.3, -0.25) is 14.7 Å². The molecule has 6 heteroatoms. The maximum atomic E-state index is 12.3. The van der Waals surface area contributed by atoms with E-state index < -0.39 is 0 Å². The molecule has 0 aliphatic carbocycles. The van der Waals surface area contributed by atoms with E-state index in [4.69, 9.17) is 11.6 Å². The fourth-order valence-corrected chi connectivity index (χ4v) is 3.22. The average molecular weight is 345 g/mol. The molecular weight excluding hydrogens is 324 g/mol. The zero-order valence-electron chi connectivity index (χ0n) is 13.7. The number of hydrogen-bond acceptors (Lipinski definition) is 4. The smallest absolute Gasteiger partial charge is 0.228 e. The third-order valence-corrected chi connectivity index (χ3v) is 4.87. The Balaban J connectivity index is 1.53. The van der Waals surface area contributed by atoms with E-state index in [1.54, 1.807) is 18.6 Å². The summed E-state index contributed by atoms with van der Waals surface area (Å²) in [5, 5.41) is 3.60. The van der Waals surface area contributed by atoms with Crippen molar-refractivity contribution in [1.82, 2.24) is 14.9 Å². The Morgan fingerprint density at radius 2 is 1.96 bits per heavy atom. The van der Waals surface area contributed by atoms with Gasteiger partial charge in [0.25, 0.3) is 0 Å².